The van der Waals surface area contributed by atoms with Crippen molar-refractivity contribution in [1.82, 2.24) is 10.6 Å². The minimum absolute atomic E-state index is 0.0337. The van der Waals surface area contributed by atoms with Gasteiger partial charge in [0.05, 0.1) is 12.1 Å². The average Bonchev–Trinajstić information content (AvgIpc) is 2.90. The fraction of sp³-hybridized carbons (Fsp3) is 0.533. The van der Waals surface area contributed by atoms with Gasteiger partial charge in [-0.15, -0.1) is 0 Å². The Kier molecular flexibility index (Phi) is 4.83. The minimum atomic E-state index is -0.0337. The maximum absolute atomic E-state index is 12.2. The van der Waals surface area contributed by atoms with E-state index >= 15 is 0 Å². The molecule has 0 aliphatic carbocycles. The van der Waals surface area contributed by atoms with Gasteiger partial charge in [-0.3, -0.25) is 4.79 Å². The number of halogens is 1. The van der Waals surface area contributed by atoms with E-state index in [1.807, 2.05) is 24.3 Å². The minimum Gasteiger partial charge on any atom is -0.348 e. The molecule has 1 unspecified atom stereocenters. The summed E-state index contributed by atoms with van der Waals surface area (Å²) in [5, 5.41) is 7.10. The molecule has 0 bridgehead atoms. The van der Waals surface area contributed by atoms with Gasteiger partial charge in [-0.2, -0.15) is 0 Å². The Hall–Kier alpha value is -1.06. The van der Waals surface area contributed by atoms with Crippen molar-refractivity contribution in [3.05, 3.63) is 34.9 Å². The first-order chi connectivity index (χ1) is 9.08. The van der Waals surface area contributed by atoms with E-state index in [1.165, 1.54) is 0 Å². The monoisotopic (exact) mass is 280 g/mol. The zero-order chi connectivity index (χ0) is 13.8. The van der Waals surface area contributed by atoms with Crippen molar-refractivity contribution in [3.8, 4) is 0 Å². The molecular formula is C15H21ClN2O. The molecule has 4 heteroatoms. The topological polar surface area (TPSA) is 41.1 Å². The van der Waals surface area contributed by atoms with Gasteiger partial charge in [-0.25, -0.2) is 0 Å². The molecule has 0 aromatic heterocycles. The molecular weight excluding hydrogens is 260 g/mol. The van der Waals surface area contributed by atoms with Crippen molar-refractivity contribution in [3.63, 3.8) is 0 Å². The summed E-state index contributed by atoms with van der Waals surface area (Å²) in [5.41, 5.74) is 1.10. The summed E-state index contributed by atoms with van der Waals surface area (Å²) in [5.74, 6) is 0.442. The van der Waals surface area contributed by atoms with Crippen LogP contribution in [0.4, 0.5) is 0 Å². The van der Waals surface area contributed by atoms with Crippen LogP contribution >= 0.6 is 11.6 Å². The molecule has 3 nitrogen and oxygen atoms in total. The smallest absolute Gasteiger partial charge is 0.237 e. The largest absolute Gasteiger partial charge is 0.348 e. The van der Waals surface area contributed by atoms with Crippen LogP contribution in [0.25, 0.3) is 0 Å². The van der Waals surface area contributed by atoms with Gasteiger partial charge in [0, 0.05) is 5.02 Å². The van der Waals surface area contributed by atoms with E-state index in [-0.39, 0.29) is 18.0 Å². The van der Waals surface area contributed by atoms with Crippen molar-refractivity contribution in [2.45, 2.75) is 38.8 Å². The van der Waals surface area contributed by atoms with Crippen molar-refractivity contribution >= 4 is 17.5 Å². The Morgan fingerprint density at radius 3 is 2.58 bits per heavy atom. The third-order valence-electron chi connectivity index (χ3n) is 3.57. The molecule has 19 heavy (non-hydrogen) atoms. The summed E-state index contributed by atoms with van der Waals surface area (Å²) < 4.78 is 0. The molecule has 2 rings (SSSR count). The zero-order valence-electron chi connectivity index (χ0n) is 11.4. The first-order valence-corrected chi connectivity index (χ1v) is 7.25. The van der Waals surface area contributed by atoms with E-state index in [0.717, 1.165) is 30.0 Å². The van der Waals surface area contributed by atoms with Gasteiger partial charge in [0.15, 0.2) is 0 Å². The van der Waals surface area contributed by atoms with Crippen LogP contribution in [0.5, 0.6) is 0 Å². The maximum atomic E-state index is 12.2. The van der Waals surface area contributed by atoms with E-state index in [1.54, 1.807) is 0 Å². The lowest BCUT2D eigenvalue weighted by Crippen LogP contribution is -2.43. The molecule has 1 fully saturated rings. The molecule has 1 saturated heterocycles. The lowest BCUT2D eigenvalue weighted by molar-refractivity contribution is -0.123. The van der Waals surface area contributed by atoms with Gasteiger partial charge in [-0.05, 0) is 43.0 Å². The standard InChI is InChI=1S/C15H21ClN2O/c1-10(2)14(11-5-7-12(16)8-6-11)18-15(19)13-4-3-9-17-13/h5-8,10,13-14,17H,3-4,9H2,1-2H3,(H,18,19)/t13-,14?/m1/s1. The molecule has 2 atom stereocenters. The number of nitrogens with one attached hydrogen (secondary N) is 2. The molecule has 1 aromatic rings. The van der Waals surface area contributed by atoms with Gasteiger partial charge in [-0.1, -0.05) is 37.6 Å². The third-order valence-corrected chi connectivity index (χ3v) is 3.82. The number of hydrogen-bond acceptors (Lipinski definition) is 2. The van der Waals surface area contributed by atoms with Gasteiger partial charge >= 0.3 is 0 Å². The highest BCUT2D eigenvalue weighted by atomic mass is 35.5. The Balaban J connectivity index is 2.07. The Labute approximate surface area is 119 Å². The Morgan fingerprint density at radius 2 is 2.05 bits per heavy atom. The van der Waals surface area contributed by atoms with E-state index in [2.05, 4.69) is 24.5 Å². The lowest BCUT2D eigenvalue weighted by atomic mass is 9.95. The molecule has 1 aliphatic rings. The van der Waals surface area contributed by atoms with E-state index in [4.69, 9.17) is 11.6 Å². The van der Waals surface area contributed by atoms with Crippen LogP contribution in [-0.2, 0) is 4.79 Å². The molecule has 0 saturated carbocycles. The summed E-state index contributed by atoms with van der Waals surface area (Å²) in [6, 6.07) is 7.70. The van der Waals surface area contributed by atoms with Crippen LogP contribution in [0, 0.1) is 5.92 Å². The third kappa shape index (κ3) is 3.71. The molecule has 1 heterocycles. The first-order valence-electron chi connectivity index (χ1n) is 6.87. The molecule has 1 amide bonds. The van der Waals surface area contributed by atoms with Crippen molar-refractivity contribution < 1.29 is 4.79 Å². The fourth-order valence-corrected chi connectivity index (χ4v) is 2.59. The zero-order valence-corrected chi connectivity index (χ0v) is 12.2. The normalized spacial score (nSPS) is 20.5. The van der Waals surface area contributed by atoms with Crippen molar-refractivity contribution in [2.75, 3.05) is 6.54 Å². The Bertz CT molecular complexity index is 424. The maximum Gasteiger partial charge on any atom is 0.237 e. The number of carbonyl (C=O) groups is 1. The Morgan fingerprint density at radius 1 is 1.37 bits per heavy atom. The number of rotatable bonds is 4. The fourth-order valence-electron chi connectivity index (χ4n) is 2.47. The molecule has 2 N–H and O–H groups in total. The number of hydrogen-bond donors (Lipinski definition) is 2. The van der Waals surface area contributed by atoms with Crippen molar-refractivity contribution in [1.29, 1.82) is 0 Å². The average molecular weight is 281 g/mol. The van der Waals surface area contributed by atoms with Gasteiger partial charge in [0.1, 0.15) is 0 Å². The summed E-state index contributed by atoms with van der Waals surface area (Å²) in [6.07, 6.45) is 2.00. The highest BCUT2D eigenvalue weighted by Crippen LogP contribution is 2.23. The molecule has 1 aromatic carbocycles. The molecule has 0 spiro atoms. The second kappa shape index (κ2) is 6.40. The summed E-state index contributed by atoms with van der Waals surface area (Å²) in [7, 11) is 0. The van der Waals surface area contributed by atoms with Gasteiger partial charge < -0.3 is 10.6 Å². The van der Waals surface area contributed by atoms with E-state index in [0.29, 0.717) is 5.92 Å². The highest BCUT2D eigenvalue weighted by molar-refractivity contribution is 6.30. The van der Waals surface area contributed by atoms with Crippen LogP contribution in [0.15, 0.2) is 24.3 Å². The van der Waals surface area contributed by atoms with Crippen molar-refractivity contribution in [2.24, 2.45) is 5.92 Å². The van der Waals surface area contributed by atoms with E-state index in [9.17, 15) is 4.79 Å². The number of carbonyl (C=O) groups excluding carboxylic acids is 1. The lowest BCUT2D eigenvalue weighted by Gasteiger charge is -2.24. The summed E-state index contributed by atoms with van der Waals surface area (Å²) in [6.45, 7) is 5.16. The van der Waals surface area contributed by atoms with E-state index < -0.39 is 0 Å². The second-order valence-electron chi connectivity index (χ2n) is 5.43. The van der Waals surface area contributed by atoms with Crippen LogP contribution < -0.4 is 10.6 Å². The van der Waals surface area contributed by atoms with Gasteiger partial charge in [0.2, 0.25) is 5.91 Å². The SMILES string of the molecule is CC(C)C(NC(=O)[C@H]1CCCN1)c1ccc(Cl)cc1. The molecule has 104 valence electrons. The molecule has 1 aliphatic heterocycles. The number of amides is 1. The van der Waals surface area contributed by atoms with Gasteiger partial charge in [0.25, 0.3) is 0 Å². The summed E-state index contributed by atoms with van der Waals surface area (Å²) >= 11 is 5.91. The highest BCUT2D eigenvalue weighted by Gasteiger charge is 2.26. The first kappa shape index (κ1) is 14.4. The van der Waals surface area contributed by atoms with Crippen LogP contribution in [0.3, 0.4) is 0 Å². The van der Waals surface area contributed by atoms with Crippen LogP contribution in [0.1, 0.15) is 38.3 Å². The van der Waals surface area contributed by atoms with Crippen LogP contribution in [-0.4, -0.2) is 18.5 Å². The number of benzene rings is 1. The second-order valence-corrected chi connectivity index (χ2v) is 5.87. The molecule has 0 radical (unpaired) electrons. The quantitative estimate of drug-likeness (QED) is 0.890. The predicted octanol–water partition coefficient (Wildman–Crippen LogP) is 2.91. The predicted molar refractivity (Wildman–Crippen MR) is 78.2 cm³/mol. The summed E-state index contributed by atoms with van der Waals surface area (Å²) in [4.78, 5) is 12.2. The van der Waals surface area contributed by atoms with Crippen LogP contribution in [0.2, 0.25) is 5.02 Å².